The number of benzene rings is 2. The third kappa shape index (κ3) is 5.25. The van der Waals surface area contributed by atoms with Crippen molar-refractivity contribution >= 4 is 35.1 Å². The van der Waals surface area contributed by atoms with E-state index in [9.17, 15) is 27.2 Å². The first kappa shape index (κ1) is 23.4. The fraction of sp³-hybridized carbons (Fsp3) is 0.227. The van der Waals surface area contributed by atoms with Crippen molar-refractivity contribution in [1.82, 2.24) is 9.55 Å². The molecular formula is C22H17F4N3O2S2. The number of nitrogens with zero attached hydrogens (tertiary/aromatic N) is 2. The molecule has 3 aromatic rings. The van der Waals surface area contributed by atoms with Crippen molar-refractivity contribution < 1.29 is 22.4 Å². The summed E-state index contributed by atoms with van der Waals surface area (Å²) in [5, 5.41) is 3.00. The van der Waals surface area contributed by atoms with Crippen molar-refractivity contribution in [3.8, 4) is 5.69 Å². The molecule has 1 aliphatic rings. The number of nitrogens with one attached hydrogen (secondary N) is 1. The van der Waals surface area contributed by atoms with Gasteiger partial charge in [0.25, 0.3) is 5.56 Å². The summed E-state index contributed by atoms with van der Waals surface area (Å²) in [4.78, 5) is 30.7. The Balaban J connectivity index is 1.55. The molecule has 1 aliphatic heterocycles. The lowest BCUT2D eigenvalue weighted by atomic mass is 10.2. The third-order valence-corrected chi connectivity index (χ3v) is 6.95. The lowest BCUT2D eigenvalue weighted by Gasteiger charge is -2.14. The quantitative estimate of drug-likeness (QED) is 0.301. The van der Waals surface area contributed by atoms with Crippen LogP contribution in [0, 0.1) is 5.82 Å². The first-order valence-electron chi connectivity index (χ1n) is 9.80. The number of carbonyl (C=O) groups excluding carboxylic acids is 1. The van der Waals surface area contributed by atoms with Gasteiger partial charge in [0, 0.05) is 17.4 Å². The van der Waals surface area contributed by atoms with Crippen LogP contribution in [0.3, 0.4) is 0 Å². The Kier molecular flexibility index (Phi) is 6.53. The number of halogens is 4. The van der Waals surface area contributed by atoms with E-state index >= 15 is 0 Å². The van der Waals surface area contributed by atoms with Crippen LogP contribution in [0.5, 0.6) is 0 Å². The van der Waals surface area contributed by atoms with Crippen molar-refractivity contribution in [2.24, 2.45) is 0 Å². The Morgan fingerprint density at radius 1 is 1.18 bits per heavy atom. The van der Waals surface area contributed by atoms with Crippen molar-refractivity contribution in [2.75, 3.05) is 11.1 Å². The zero-order valence-electron chi connectivity index (χ0n) is 17.1. The van der Waals surface area contributed by atoms with E-state index in [1.165, 1.54) is 52.7 Å². The molecule has 11 heteroatoms. The van der Waals surface area contributed by atoms with E-state index in [-0.39, 0.29) is 27.4 Å². The lowest BCUT2D eigenvalue weighted by molar-refractivity contribution is -0.137. The average Bonchev–Trinajstić information content (AvgIpc) is 3.14. The summed E-state index contributed by atoms with van der Waals surface area (Å²) < 4.78 is 52.8. The highest BCUT2D eigenvalue weighted by Crippen LogP contribution is 2.35. The molecule has 0 radical (unpaired) electrons. The van der Waals surface area contributed by atoms with Gasteiger partial charge in [-0.1, -0.05) is 18.7 Å². The number of amides is 1. The van der Waals surface area contributed by atoms with Gasteiger partial charge in [-0.3, -0.25) is 14.2 Å². The predicted octanol–water partition coefficient (Wildman–Crippen LogP) is 5.16. The number of hydrogen-bond acceptors (Lipinski definition) is 5. The second kappa shape index (κ2) is 9.22. The normalized spacial score (nSPS) is 15.4. The molecule has 1 unspecified atom stereocenters. The molecule has 1 atom stereocenters. The van der Waals surface area contributed by atoms with Crippen molar-refractivity contribution in [1.29, 1.82) is 0 Å². The molecule has 0 spiro atoms. The van der Waals surface area contributed by atoms with Crippen LogP contribution in [-0.2, 0) is 17.4 Å². The molecule has 4 rings (SSSR count). The number of carbonyl (C=O) groups is 1. The Hall–Kier alpha value is -2.79. The van der Waals surface area contributed by atoms with Gasteiger partial charge >= 0.3 is 6.18 Å². The van der Waals surface area contributed by atoms with E-state index in [4.69, 9.17) is 0 Å². The number of rotatable bonds is 5. The largest absolute Gasteiger partial charge is 0.416 e. The number of thioether (sulfide) groups is 2. The number of hydrogen-bond donors (Lipinski definition) is 1. The molecular weight excluding hydrogens is 478 g/mol. The highest BCUT2D eigenvalue weighted by molar-refractivity contribution is 8.00. The standard InChI is InChI=1S/C22H17F4N3O2S2/c1-12-10-17-19(33-12)20(31)29(16-8-4-14(23)5-9-16)21(28-17)32-11-18(30)27-15-6-2-13(3-7-15)22(24,25)26/h2-9,12H,10-11H2,1H3,(H,27,30). The summed E-state index contributed by atoms with van der Waals surface area (Å²) in [5.41, 5.74) is 0.194. The van der Waals surface area contributed by atoms with Crippen LogP contribution in [-0.4, -0.2) is 26.5 Å². The van der Waals surface area contributed by atoms with Crippen LogP contribution in [0.1, 0.15) is 18.2 Å². The smallest absolute Gasteiger partial charge is 0.325 e. The molecule has 0 fully saturated rings. The number of alkyl halides is 3. The molecule has 33 heavy (non-hydrogen) atoms. The Morgan fingerprint density at radius 3 is 2.48 bits per heavy atom. The average molecular weight is 496 g/mol. The number of fused-ring (bicyclic) bond motifs is 1. The maximum Gasteiger partial charge on any atom is 0.416 e. The lowest BCUT2D eigenvalue weighted by Crippen LogP contribution is -2.24. The molecule has 1 aromatic heterocycles. The zero-order chi connectivity index (χ0) is 23.8. The van der Waals surface area contributed by atoms with E-state index in [0.717, 1.165) is 23.9 Å². The molecule has 1 N–H and O–H groups in total. The van der Waals surface area contributed by atoms with Gasteiger partial charge in [-0.05, 0) is 48.5 Å². The van der Waals surface area contributed by atoms with Gasteiger partial charge in [-0.25, -0.2) is 9.37 Å². The zero-order valence-corrected chi connectivity index (χ0v) is 18.8. The van der Waals surface area contributed by atoms with Crippen molar-refractivity contribution in [3.05, 3.63) is 76.0 Å². The Morgan fingerprint density at radius 2 is 1.85 bits per heavy atom. The summed E-state index contributed by atoms with van der Waals surface area (Å²) >= 11 is 2.45. The van der Waals surface area contributed by atoms with Gasteiger partial charge in [0.1, 0.15) is 5.82 Å². The molecule has 2 aromatic carbocycles. The molecule has 0 saturated carbocycles. The van der Waals surface area contributed by atoms with Gasteiger partial charge in [0.15, 0.2) is 5.16 Å². The molecule has 0 aliphatic carbocycles. The predicted molar refractivity (Wildman–Crippen MR) is 120 cm³/mol. The molecule has 5 nitrogen and oxygen atoms in total. The minimum absolute atomic E-state index is 0.129. The van der Waals surface area contributed by atoms with Crippen LogP contribution in [0.4, 0.5) is 23.2 Å². The van der Waals surface area contributed by atoms with Crippen LogP contribution >= 0.6 is 23.5 Å². The molecule has 0 bridgehead atoms. The maximum atomic E-state index is 13.4. The van der Waals surface area contributed by atoms with E-state index in [1.807, 2.05) is 6.92 Å². The van der Waals surface area contributed by atoms with Crippen LogP contribution in [0.2, 0.25) is 0 Å². The summed E-state index contributed by atoms with van der Waals surface area (Å²) in [6, 6.07) is 9.50. The maximum absolute atomic E-state index is 13.4. The Labute approximate surface area is 194 Å². The summed E-state index contributed by atoms with van der Waals surface area (Å²) in [7, 11) is 0. The van der Waals surface area contributed by atoms with Gasteiger partial charge < -0.3 is 5.32 Å². The third-order valence-electron chi connectivity index (χ3n) is 4.79. The highest BCUT2D eigenvalue weighted by Gasteiger charge is 2.30. The van der Waals surface area contributed by atoms with Gasteiger partial charge in [-0.15, -0.1) is 11.8 Å². The molecule has 2 heterocycles. The van der Waals surface area contributed by atoms with E-state index in [1.54, 1.807) is 0 Å². The van der Waals surface area contributed by atoms with E-state index in [2.05, 4.69) is 10.3 Å². The highest BCUT2D eigenvalue weighted by atomic mass is 32.2. The minimum Gasteiger partial charge on any atom is -0.325 e. The minimum atomic E-state index is -4.46. The van der Waals surface area contributed by atoms with Crippen molar-refractivity contribution in [2.45, 2.75) is 34.8 Å². The van der Waals surface area contributed by atoms with Gasteiger partial charge in [0.2, 0.25) is 5.91 Å². The topological polar surface area (TPSA) is 64.0 Å². The fourth-order valence-corrected chi connectivity index (χ4v) is 5.21. The summed E-state index contributed by atoms with van der Waals surface area (Å²) in [5.74, 6) is -1.05. The molecule has 0 saturated heterocycles. The van der Waals surface area contributed by atoms with Crippen LogP contribution in [0.15, 0.2) is 63.4 Å². The first-order chi connectivity index (χ1) is 15.6. The van der Waals surface area contributed by atoms with Crippen LogP contribution < -0.4 is 10.9 Å². The Bertz CT molecular complexity index is 1240. The second-order valence-electron chi connectivity index (χ2n) is 7.33. The fourth-order valence-electron chi connectivity index (χ4n) is 3.28. The number of anilines is 1. The molecule has 172 valence electrons. The summed E-state index contributed by atoms with van der Waals surface area (Å²) in [6.45, 7) is 1.98. The van der Waals surface area contributed by atoms with E-state index < -0.39 is 23.5 Å². The first-order valence-corrected chi connectivity index (χ1v) is 11.7. The van der Waals surface area contributed by atoms with Crippen LogP contribution in [0.25, 0.3) is 5.69 Å². The van der Waals surface area contributed by atoms with Crippen molar-refractivity contribution in [3.63, 3.8) is 0 Å². The van der Waals surface area contributed by atoms with E-state index in [0.29, 0.717) is 22.7 Å². The number of aromatic nitrogens is 2. The SMILES string of the molecule is CC1Cc2nc(SCC(=O)Nc3ccc(C(F)(F)F)cc3)n(-c3ccc(F)cc3)c(=O)c2S1. The summed E-state index contributed by atoms with van der Waals surface area (Å²) in [6.07, 6.45) is -3.85. The second-order valence-corrected chi connectivity index (χ2v) is 9.72. The van der Waals surface area contributed by atoms with Gasteiger partial charge in [-0.2, -0.15) is 13.2 Å². The van der Waals surface area contributed by atoms with Gasteiger partial charge in [0.05, 0.1) is 27.6 Å². The monoisotopic (exact) mass is 495 g/mol. The molecule has 1 amide bonds.